The molecular weight excluding hydrogens is 457 g/mol. The fraction of sp³-hybridized carbons (Fsp3) is 0.154. The van der Waals surface area contributed by atoms with Crippen molar-refractivity contribution in [3.63, 3.8) is 0 Å². The van der Waals surface area contributed by atoms with E-state index in [4.69, 9.17) is 23.2 Å². The second kappa shape index (κ2) is 8.58. The zero-order valence-corrected chi connectivity index (χ0v) is 19.2. The first-order chi connectivity index (χ1) is 15.9. The first-order valence-electron chi connectivity index (χ1n) is 10.5. The third kappa shape index (κ3) is 3.99. The molecule has 0 fully saturated rings. The van der Waals surface area contributed by atoms with E-state index in [2.05, 4.69) is 10.1 Å². The molecule has 5 nitrogen and oxygen atoms in total. The van der Waals surface area contributed by atoms with Crippen LogP contribution in [0.1, 0.15) is 30.5 Å². The van der Waals surface area contributed by atoms with Gasteiger partial charge in [-0.2, -0.15) is 5.10 Å². The van der Waals surface area contributed by atoms with Crippen molar-refractivity contribution in [2.75, 3.05) is 0 Å². The van der Waals surface area contributed by atoms with Crippen LogP contribution in [0.5, 0.6) is 0 Å². The normalized spacial score (nSPS) is 22.1. The third-order valence-corrected chi connectivity index (χ3v) is 6.45. The number of fused-ring (bicyclic) bond motifs is 1. The molecule has 2 aromatic carbocycles. The summed E-state index contributed by atoms with van der Waals surface area (Å²) in [6.45, 7) is 1.47. The quantitative estimate of drug-likeness (QED) is 0.568. The van der Waals surface area contributed by atoms with E-state index in [0.29, 0.717) is 33.5 Å². The number of dihydropyridines is 1. The molecule has 5 rings (SSSR count). The second-order valence-electron chi connectivity index (χ2n) is 8.04. The summed E-state index contributed by atoms with van der Waals surface area (Å²) in [4.78, 5) is 30.1. The summed E-state index contributed by atoms with van der Waals surface area (Å²) in [7, 11) is 0. The molecule has 2 unspecified atom stereocenters. The number of carbonyl (C=O) groups excluding carboxylic acids is 2. The number of carbonyl (C=O) groups is 2. The van der Waals surface area contributed by atoms with Gasteiger partial charge in [0.15, 0.2) is 0 Å². The lowest BCUT2D eigenvalue weighted by Gasteiger charge is -2.27. The Kier molecular flexibility index (Phi) is 5.60. The minimum atomic E-state index is -0.366. The maximum atomic E-state index is 13.3. The molecule has 1 aliphatic carbocycles. The van der Waals surface area contributed by atoms with Gasteiger partial charge in [0.25, 0.3) is 5.91 Å². The van der Waals surface area contributed by atoms with Crippen molar-refractivity contribution in [3.05, 3.63) is 99.6 Å². The highest BCUT2D eigenvalue weighted by molar-refractivity contribution is 6.36. The van der Waals surface area contributed by atoms with Crippen molar-refractivity contribution in [2.45, 2.75) is 19.4 Å². The smallest absolute Gasteiger partial charge is 0.273 e. The molecule has 0 saturated carbocycles. The average Bonchev–Trinajstić information content (AvgIpc) is 3.25. The fourth-order valence-electron chi connectivity index (χ4n) is 4.47. The summed E-state index contributed by atoms with van der Waals surface area (Å²) in [5.41, 5.74) is 4.19. The highest BCUT2D eigenvalue weighted by atomic mass is 35.5. The Morgan fingerprint density at radius 2 is 1.76 bits per heavy atom. The highest BCUT2D eigenvalue weighted by Gasteiger charge is 2.39. The van der Waals surface area contributed by atoms with Crippen LogP contribution in [-0.2, 0) is 9.59 Å². The first kappa shape index (κ1) is 21.6. The van der Waals surface area contributed by atoms with E-state index in [0.717, 1.165) is 16.7 Å². The number of rotatable bonds is 3. The Balaban J connectivity index is 1.66. The van der Waals surface area contributed by atoms with Crippen LogP contribution in [0.15, 0.2) is 93.5 Å². The maximum Gasteiger partial charge on any atom is 0.279 e. The molecule has 2 aliphatic heterocycles. The predicted molar refractivity (Wildman–Crippen MR) is 131 cm³/mol. The molecule has 2 atom stereocenters. The summed E-state index contributed by atoms with van der Waals surface area (Å²) in [6, 6.07) is 16.7. The van der Waals surface area contributed by atoms with Gasteiger partial charge in [0.1, 0.15) is 0 Å². The van der Waals surface area contributed by atoms with Gasteiger partial charge in [0.2, 0.25) is 5.91 Å². The number of hydrogen-bond donors (Lipinski definition) is 0. The van der Waals surface area contributed by atoms with Crippen LogP contribution in [0, 0.1) is 5.92 Å². The molecule has 0 radical (unpaired) electrons. The van der Waals surface area contributed by atoms with Crippen LogP contribution in [0.4, 0.5) is 0 Å². The lowest BCUT2D eigenvalue weighted by atomic mass is 9.79. The molecule has 3 aliphatic rings. The van der Waals surface area contributed by atoms with Gasteiger partial charge >= 0.3 is 0 Å². The van der Waals surface area contributed by atoms with Crippen molar-refractivity contribution in [2.24, 2.45) is 16.0 Å². The highest BCUT2D eigenvalue weighted by Crippen LogP contribution is 2.41. The lowest BCUT2D eigenvalue weighted by Crippen LogP contribution is -2.27. The largest absolute Gasteiger partial charge is 0.279 e. The van der Waals surface area contributed by atoms with Crippen molar-refractivity contribution >= 4 is 52.0 Å². The van der Waals surface area contributed by atoms with Crippen LogP contribution in [0.3, 0.4) is 0 Å². The summed E-state index contributed by atoms with van der Waals surface area (Å²) in [5.74, 6) is -0.848. The van der Waals surface area contributed by atoms with Crippen LogP contribution in [0.25, 0.3) is 5.57 Å². The Morgan fingerprint density at radius 3 is 2.45 bits per heavy atom. The minimum absolute atomic E-state index is 0.206. The molecule has 0 saturated heterocycles. The van der Waals surface area contributed by atoms with Gasteiger partial charge in [0.05, 0.1) is 23.0 Å². The second-order valence-corrected chi connectivity index (χ2v) is 8.91. The topological polar surface area (TPSA) is 62.1 Å². The number of hydrazone groups is 1. The van der Waals surface area contributed by atoms with E-state index >= 15 is 0 Å². The van der Waals surface area contributed by atoms with Crippen LogP contribution >= 0.6 is 23.2 Å². The number of allylic oxidation sites excluding steroid dienone is 5. The number of hydrogen-bond acceptors (Lipinski definition) is 3. The summed E-state index contributed by atoms with van der Waals surface area (Å²) in [5, 5.41) is 7.25. The van der Waals surface area contributed by atoms with Gasteiger partial charge < -0.3 is 0 Å². The summed E-state index contributed by atoms with van der Waals surface area (Å²) >= 11 is 12.4. The van der Waals surface area contributed by atoms with E-state index in [1.54, 1.807) is 24.3 Å². The third-order valence-electron chi connectivity index (χ3n) is 5.94. The minimum Gasteiger partial charge on any atom is -0.273 e. The van der Waals surface area contributed by atoms with Crippen molar-refractivity contribution in [3.8, 4) is 0 Å². The SMILES string of the molecule is CC(=O)N1N=C(C2=C(c3ccccc3)C3C=C(Cl)C=CC3=NC2=O)CC1c1ccc(Cl)cc1. The molecule has 7 heteroatoms. The van der Waals surface area contributed by atoms with Crippen molar-refractivity contribution in [1.82, 2.24) is 5.01 Å². The number of aliphatic imine (C=N–C) groups is 1. The molecule has 2 aromatic rings. The number of benzene rings is 2. The zero-order valence-electron chi connectivity index (χ0n) is 17.7. The van der Waals surface area contributed by atoms with Crippen molar-refractivity contribution < 1.29 is 9.59 Å². The Labute approximate surface area is 201 Å². The van der Waals surface area contributed by atoms with E-state index < -0.39 is 0 Å². The lowest BCUT2D eigenvalue weighted by molar-refractivity contribution is -0.130. The molecule has 0 spiro atoms. The predicted octanol–water partition coefficient (Wildman–Crippen LogP) is 5.73. The molecule has 164 valence electrons. The summed E-state index contributed by atoms with van der Waals surface area (Å²) < 4.78 is 0. The number of halogens is 2. The molecule has 0 bridgehead atoms. The number of nitrogens with zero attached hydrogens (tertiary/aromatic N) is 3. The molecule has 33 heavy (non-hydrogen) atoms. The van der Waals surface area contributed by atoms with Crippen molar-refractivity contribution in [1.29, 1.82) is 0 Å². The Morgan fingerprint density at radius 1 is 1.03 bits per heavy atom. The monoisotopic (exact) mass is 475 g/mol. The number of amides is 2. The van der Waals surface area contributed by atoms with Gasteiger partial charge in [-0.15, -0.1) is 0 Å². The van der Waals surface area contributed by atoms with Gasteiger partial charge in [-0.25, -0.2) is 10.0 Å². The van der Waals surface area contributed by atoms with E-state index in [-0.39, 0.29) is 23.8 Å². The Bertz CT molecular complexity index is 1300. The molecular formula is C26H19Cl2N3O2. The zero-order chi connectivity index (χ0) is 23.1. The van der Waals surface area contributed by atoms with Crippen LogP contribution in [-0.4, -0.2) is 28.2 Å². The molecule has 2 heterocycles. The molecule has 0 aromatic heterocycles. The maximum absolute atomic E-state index is 13.3. The van der Waals surface area contributed by atoms with E-state index in [1.165, 1.54) is 11.9 Å². The average molecular weight is 476 g/mol. The fourth-order valence-corrected chi connectivity index (χ4v) is 4.78. The molecule has 2 amide bonds. The van der Waals surface area contributed by atoms with Gasteiger partial charge in [0, 0.05) is 29.3 Å². The van der Waals surface area contributed by atoms with E-state index in [1.807, 2.05) is 48.5 Å². The molecule has 0 N–H and O–H groups in total. The standard InChI is InChI=1S/C26H19Cl2N3O2/c1-15(32)31-23(16-7-9-18(27)10-8-16)14-22(30-31)25-24(17-5-3-2-4-6-17)20-13-19(28)11-12-21(20)29-26(25)33/h2-13,20,23H,14H2,1H3. The van der Waals surface area contributed by atoms with Crippen LogP contribution < -0.4 is 0 Å². The van der Waals surface area contributed by atoms with Crippen LogP contribution in [0.2, 0.25) is 5.02 Å². The first-order valence-corrected chi connectivity index (χ1v) is 11.3. The van der Waals surface area contributed by atoms with Gasteiger partial charge in [-0.3, -0.25) is 9.59 Å². The Hall–Kier alpha value is -3.28. The van der Waals surface area contributed by atoms with Gasteiger partial charge in [-0.1, -0.05) is 71.7 Å². The summed E-state index contributed by atoms with van der Waals surface area (Å²) in [6.07, 6.45) is 5.80. The van der Waals surface area contributed by atoms with Gasteiger partial charge in [-0.05, 0) is 41.0 Å². The van der Waals surface area contributed by atoms with E-state index in [9.17, 15) is 9.59 Å².